The third-order valence-electron chi connectivity index (χ3n) is 6.54. The topological polar surface area (TPSA) is 104 Å². The van der Waals surface area contributed by atoms with Gasteiger partial charge in [0.15, 0.2) is 0 Å². The van der Waals surface area contributed by atoms with Gasteiger partial charge in [-0.1, -0.05) is 0 Å². The quantitative estimate of drug-likeness (QED) is 0.730. The maximum absolute atomic E-state index is 12.5. The molecule has 166 valence electrons. The number of imide groups is 1. The maximum Gasteiger partial charge on any atom is 0.328 e. The highest BCUT2D eigenvalue weighted by Gasteiger charge is 2.34. The van der Waals surface area contributed by atoms with E-state index in [-0.39, 0.29) is 12.3 Å². The number of nitrogens with zero attached hydrogens (tertiary/aromatic N) is 4. The van der Waals surface area contributed by atoms with Gasteiger partial charge >= 0.3 is 6.03 Å². The number of anilines is 1. The zero-order valence-corrected chi connectivity index (χ0v) is 18.2. The summed E-state index contributed by atoms with van der Waals surface area (Å²) in [6.45, 7) is 1.54. The average molecular weight is 446 g/mol. The van der Waals surface area contributed by atoms with Crippen LogP contribution in [0.3, 0.4) is 0 Å². The van der Waals surface area contributed by atoms with E-state index in [1.807, 2.05) is 18.3 Å². The second-order valence-electron chi connectivity index (χ2n) is 8.92. The zero-order valence-electron chi connectivity index (χ0n) is 17.4. The fourth-order valence-corrected chi connectivity index (χ4v) is 6.46. The molecule has 0 radical (unpaired) electrons. The van der Waals surface area contributed by atoms with Crippen LogP contribution in [0.5, 0.6) is 0 Å². The van der Waals surface area contributed by atoms with Gasteiger partial charge in [0, 0.05) is 32.3 Å². The number of piperidine rings is 1. The summed E-state index contributed by atoms with van der Waals surface area (Å²) >= 11 is 0. The van der Waals surface area contributed by atoms with E-state index in [1.54, 1.807) is 19.9 Å². The Balaban J connectivity index is 1.26. The number of fused-ring (bicyclic) bond motifs is 1. The van der Waals surface area contributed by atoms with Gasteiger partial charge in [-0.25, -0.2) is 22.0 Å². The molecule has 31 heavy (non-hydrogen) atoms. The number of hydrogen-bond acceptors (Lipinski definition) is 5. The van der Waals surface area contributed by atoms with Gasteiger partial charge in [-0.2, -0.15) is 5.10 Å². The largest absolute Gasteiger partial charge is 0.328 e. The lowest BCUT2D eigenvalue weighted by Crippen LogP contribution is -2.49. The fraction of sp³-hybridized carbons (Fsp3) is 0.571. The second kappa shape index (κ2) is 7.90. The Morgan fingerprint density at radius 1 is 1.06 bits per heavy atom. The van der Waals surface area contributed by atoms with Crippen molar-refractivity contribution in [2.75, 3.05) is 30.3 Å². The van der Waals surface area contributed by atoms with Crippen molar-refractivity contribution in [3.8, 4) is 0 Å². The van der Waals surface area contributed by atoms with Crippen molar-refractivity contribution >= 4 is 33.2 Å². The molecule has 10 heteroatoms. The van der Waals surface area contributed by atoms with E-state index >= 15 is 0 Å². The SMILES string of the molecule is O=C1CCN(c2cnn3ccc(CC4CCN(S(=O)(=O)CC5CC5)CC4)cc23)C(=O)N1. The number of aromatic nitrogens is 2. The molecule has 3 aliphatic rings. The third-order valence-corrected chi connectivity index (χ3v) is 8.59. The molecule has 9 nitrogen and oxygen atoms in total. The van der Waals surface area contributed by atoms with Crippen LogP contribution in [-0.4, -0.2) is 59.7 Å². The number of amides is 3. The van der Waals surface area contributed by atoms with Crippen LogP contribution in [0.1, 0.15) is 37.7 Å². The number of sulfonamides is 1. The Morgan fingerprint density at radius 2 is 1.84 bits per heavy atom. The van der Waals surface area contributed by atoms with E-state index in [2.05, 4.69) is 10.4 Å². The van der Waals surface area contributed by atoms with Crippen molar-refractivity contribution in [1.29, 1.82) is 0 Å². The second-order valence-corrected chi connectivity index (χ2v) is 10.9. The Bertz CT molecular complexity index is 1120. The van der Waals surface area contributed by atoms with Gasteiger partial charge in [0.05, 0.1) is 23.2 Å². The molecule has 5 rings (SSSR count). The van der Waals surface area contributed by atoms with Crippen molar-refractivity contribution in [2.24, 2.45) is 11.8 Å². The molecule has 3 fully saturated rings. The highest BCUT2D eigenvalue weighted by molar-refractivity contribution is 7.89. The van der Waals surface area contributed by atoms with Crippen molar-refractivity contribution in [1.82, 2.24) is 19.2 Å². The predicted octanol–water partition coefficient (Wildman–Crippen LogP) is 1.77. The molecule has 0 atom stereocenters. The predicted molar refractivity (Wildman–Crippen MR) is 115 cm³/mol. The van der Waals surface area contributed by atoms with Crippen molar-refractivity contribution in [3.05, 3.63) is 30.1 Å². The molecule has 4 heterocycles. The molecule has 0 bridgehead atoms. The van der Waals surface area contributed by atoms with E-state index in [4.69, 9.17) is 0 Å². The Kier molecular flexibility index (Phi) is 5.21. The van der Waals surface area contributed by atoms with Crippen LogP contribution in [0, 0.1) is 11.8 Å². The minimum atomic E-state index is -3.11. The lowest BCUT2D eigenvalue weighted by molar-refractivity contribution is -0.120. The first kappa shape index (κ1) is 20.4. The first-order valence-electron chi connectivity index (χ1n) is 10.9. The van der Waals surface area contributed by atoms with Gasteiger partial charge in [-0.3, -0.25) is 15.0 Å². The summed E-state index contributed by atoms with van der Waals surface area (Å²) in [6, 6.07) is 3.65. The summed E-state index contributed by atoms with van der Waals surface area (Å²) in [5.41, 5.74) is 2.65. The highest BCUT2D eigenvalue weighted by atomic mass is 32.2. The van der Waals surface area contributed by atoms with Crippen molar-refractivity contribution in [3.63, 3.8) is 0 Å². The summed E-state index contributed by atoms with van der Waals surface area (Å²) in [5, 5.41) is 6.69. The Morgan fingerprint density at radius 3 is 2.55 bits per heavy atom. The smallest absolute Gasteiger partial charge is 0.290 e. The van der Waals surface area contributed by atoms with Gasteiger partial charge in [-0.05, 0) is 61.6 Å². The number of carbonyl (C=O) groups excluding carboxylic acids is 2. The van der Waals surface area contributed by atoms with E-state index in [9.17, 15) is 18.0 Å². The first-order chi connectivity index (χ1) is 14.9. The summed E-state index contributed by atoms with van der Waals surface area (Å²) in [6.07, 6.45) is 8.48. The monoisotopic (exact) mass is 445 g/mol. The van der Waals surface area contributed by atoms with Crippen LogP contribution < -0.4 is 10.2 Å². The number of carbonyl (C=O) groups is 2. The molecule has 0 aromatic carbocycles. The van der Waals surface area contributed by atoms with Crippen LogP contribution in [0.4, 0.5) is 10.5 Å². The lowest BCUT2D eigenvalue weighted by atomic mass is 9.91. The number of rotatable bonds is 6. The maximum atomic E-state index is 12.5. The lowest BCUT2D eigenvalue weighted by Gasteiger charge is -2.31. The van der Waals surface area contributed by atoms with Crippen LogP contribution in [0.25, 0.3) is 5.52 Å². The Labute approximate surface area is 181 Å². The summed E-state index contributed by atoms with van der Waals surface area (Å²) in [4.78, 5) is 25.2. The van der Waals surface area contributed by atoms with Gasteiger partial charge < -0.3 is 0 Å². The molecular weight excluding hydrogens is 418 g/mol. The molecule has 2 saturated heterocycles. The number of hydrogen-bond donors (Lipinski definition) is 1. The summed E-state index contributed by atoms with van der Waals surface area (Å²) in [7, 11) is -3.11. The molecule has 3 amide bonds. The number of urea groups is 1. The normalized spacial score (nSPS) is 21.6. The molecule has 1 saturated carbocycles. The fourth-order valence-electron chi connectivity index (χ4n) is 4.55. The van der Waals surface area contributed by atoms with E-state index in [0.717, 1.165) is 43.2 Å². The van der Waals surface area contributed by atoms with Crippen LogP contribution in [0.2, 0.25) is 0 Å². The van der Waals surface area contributed by atoms with Crippen LogP contribution in [-0.2, 0) is 21.2 Å². The molecular formula is C21H27N5O4S. The molecule has 0 spiro atoms. The molecule has 1 aliphatic carbocycles. The third kappa shape index (κ3) is 4.31. The van der Waals surface area contributed by atoms with Crippen LogP contribution >= 0.6 is 0 Å². The van der Waals surface area contributed by atoms with E-state index < -0.39 is 16.1 Å². The van der Waals surface area contributed by atoms with Gasteiger partial charge in [0.1, 0.15) is 0 Å². The number of pyridine rings is 1. The first-order valence-corrected chi connectivity index (χ1v) is 12.6. The minimum absolute atomic E-state index is 0.260. The molecule has 2 aromatic rings. The average Bonchev–Trinajstić information content (AvgIpc) is 3.44. The minimum Gasteiger partial charge on any atom is -0.290 e. The van der Waals surface area contributed by atoms with Crippen molar-refractivity contribution in [2.45, 2.75) is 38.5 Å². The van der Waals surface area contributed by atoms with Crippen LogP contribution in [0.15, 0.2) is 24.5 Å². The highest BCUT2D eigenvalue weighted by Crippen LogP contribution is 2.33. The molecule has 0 unspecified atom stereocenters. The molecule has 2 aliphatic heterocycles. The van der Waals surface area contributed by atoms with E-state index in [0.29, 0.717) is 42.9 Å². The van der Waals surface area contributed by atoms with E-state index in [1.165, 1.54) is 0 Å². The molecule has 1 N–H and O–H groups in total. The van der Waals surface area contributed by atoms with Gasteiger partial charge in [-0.15, -0.1) is 0 Å². The zero-order chi connectivity index (χ0) is 21.6. The standard InChI is InChI=1S/C21H27N5O4S/c27-20-6-9-25(21(28)23-20)19-13-22-26-10-5-17(12-18(19)26)11-15-3-7-24(8-4-15)31(29,30)14-16-1-2-16/h5,10,12-13,15-16H,1-4,6-9,11,14H2,(H,23,27,28). The van der Waals surface area contributed by atoms with Crippen molar-refractivity contribution < 1.29 is 18.0 Å². The number of nitrogens with one attached hydrogen (secondary N) is 1. The summed E-state index contributed by atoms with van der Waals surface area (Å²) in [5.74, 6) is 0.856. The van der Waals surface area contributed by atoms with Gasteiger partial charge in [0.25, 0.3) is 0 Å². The molecule has 2 aromatic heterocycles. The summed E-state index contributed by atoms with van der Waals surface area (Å²) < 4.78 is 28.4. The van der Waals surface area contributed by atoms with Gasteiger partial charge in [0.2, 0.25) is 15.9 Å². The Hall–Kier alpha value is -2.46.